The molecule has 0 amide bonds. The standard InChI is InChI=1S/C15H19N3O3S/c1-12-3-5-14(6-4-12)22(19,20)18-7-8-21-15(11-18)13-9-16-17(2)10-13/h3-6,9-10,15H,7-8,11H2,1-2H3. The second-order valence-corrected chi connectivity index (χ2v) is 7.42. The lowest BCUT2D eigenvalue weighted by Gasteiger charge is -2.31. The van der Waals surface area contributed by atoms with Crippen molar-refractivity contribution < 1.29 is 13.2 Å². The predicted octanol–water partition coefficient (Wildman–Crippen LogP) is 1.49. The van der Waals surface area contributed by atoms with Crippen LogP contribution in [0.15, 0.2) is 41.6 Å². The second-order valence-electron chi connectivity index (χ2n) is 5.48. The highest BCUT2D eigenvalue weighted by Gasteiger charge is 2.31. The number of rotatable bonds is 3. The number of aryl methyl sites for hydroxylation is 2. The molecule has 1 fully saturated rings. The Morgan fingerprint density at radius 3 is 2.64 bits per heavy atom. The Balaban J connectivity index is 1.83. The van der Waals surface area contributed by atoms with Crippen molar-refractivity contribution in [1.82, 2.24) is 14.1 Å². The highest BCUT2D eigenvalue weighted by atomic mass is 32.2. The quantitative estimate of drug-likeness (QED) is 0.859. The highest BCUT2D eigenvalue weighted by molar-refractivity contribution is 7.89. The third-order valence-electron chi connectivity index (χ3n) is 3.78. The minimum atomic E-state index is -3.49. The zero-order valence-electron chi connectivity index (χ0n) is 12.6. The zero-order chi connectivity index (χ0) is 15.7. The zero-order valence-corrected chi connectivity index (χ0v) is 13.5. The van der Waals surface area contributed by atoms with Crippen molar-refractivity contribution in [1.29, 1.82) is 0 Å². The molecule has 2 heterocycles. The Hall–Kier alpha value is -1.70. The van der Waals surface area contributed by atoms with Crippen molar-refractivity contribution >= 4 is 10.0 Å². The van der Waals surface area contributed by atoms with E-state index in [1.165, 1.54) is 4.31 Å². The number of benzene rings is 1. The first-order chi connectivity index (χ1) is 10.5. The van der Waals surface area contributed by atoms with Crippen molar-refractivity contribution in [2.75, 3.05) is 19.7 Å². The molecule has 6 nitrogen and oxygen atoms in total. The molecule has 1 unspecified atom stereocenters. The van der Waals surface area contributed by atoms with Crippen LogP contribution in [-0.2, 0) is 21.8 Å². The van der Waals surface area contributed by atoms with Crippen LogP contribution in [0.2, 0.25) is 0 Å². The van der Waals surface area contributed by atoms with E-state index in [1.807, 2.05) is 32.3 Å². The van der Waals surface area contributed by atoms with Gasteiger partial charge in [-0.3, -0.25) is 4.68 Å². The molecule has 1 aliphatic rings. The molecule has 0 N–H and O–H groups in total. The SMILES string of the molecule is Cc1ccc(S(=O)(=O)N2CCOC(c3cnn(C)c3)C2)cc1. The van der Waals surface area contributed by atoms with Gasteiger partial charge < -0.3 is 4.74 Å². The summed E-state index contributed by atoms with van der Waals surface area (Å²) in [5, 5.41) is 4.12. The minimum Gasteiger partial charge on any atom is -0.371 e. The summed E-state index contributed by atoms with van der Waals surface area (Å²) in [6.45, 7) is 2.99. The fourth-order valence-electron chi connectivity index (χ4n) is 2.51. The largest absolute Gasteiger partial charge is 0.371 e. The predicted molar refractivity (Wildman–Crippen MR) is 81.8 cm³/mol. The summed E-state index contributed by atoms with van der Waals surface area (Å²) in [4.78, 5) is 0.324. The summed E-state index contributed by atoms with van der Waals surface area (Å²) in [5.74, 6) is 0. The summed E-state index contributed by atoms with van der Waals surface area (Å²) >= 11 is 0. The van der Waals surface area contributed by atoms with Gasteiger partial charge in [0.1, 0.15) is 0 Å². The molecular formula is C15H19N3O3S. The van der Waals surface area contributed by atoms with E-state index in [4.69, 9.17) is 4.74 Å². The van der Waals surface area contributed by atoms with Gasteiger partial charge in [0, 0.05) is 31.9 Å². The molecule has 0 spiro atoms. The lowest BCUT2D eigenvalue weighted by Crippen LogP contribution is -2.42. The number of morpholine rings is 1. The van der Waals surface area contributed by atoms with E-state index in [9.17, 15) is 8.42 Å². The average Bonchev–Trinajstić information content (AvgIpc) is 2.94. The molecule has 3 rings (SSSR count). The van der Waals surface area contributed by atoms with E-state index in [-0.39, 0.29) is 6.10 Å². The number of sulfonamides is 1. The van der Waals surface area contributed by atoms with E-state index >= 15 is 0 Å². The Bertz CT molecular complexity index is 753. The molecule has 0 bridgehead atoms. The van der Waals surface area contributed by atoms with E-state index in [1.54, 1.807) is 23.0 Å². The number of hydrogen-bond donors (Lipinski definition) is 0. The van der Waals surface area contributed by atoms with Gasteiger partial charge in [0.15, 0.2) is 0 Å². The van der Waals surface area contributed by atoms with Crippen LogP contribution in [0.4, 0.5) is 0 Å². The third kappa shape index (κ3) is 2.92. The third-order valence-corrected chi connectivity index (χ3v) is 5.66. The Kier molecular flexibility index (Phi) is 4.03. The van der Waals surface area contributed by atoms with Crippen molar-refractivity contribution in [3.63, 3.8) is 0 Å². The van der Waals surface area contributed by atoms with Crippen molar-refractivity contribution in [2.45, 2.75) is 17.9 Å². The van der Waals surface area contributed by atoms with Gasteiger partial charge in [0.2, 0.25) is 10.0 Å². The van der Waals surface area contributed by atoms with Gasteiger partial charge in [-0.15, -0.1) is 0 Å². The van der Waals surface area contributed by atoms with Gasteiger partial charge in [0.05, 0.1) is 23.8 Å². The van der Waals surface area contributed by atoms with Crippen molar-refractivity contribution in [2.24, 2.45) is 7.05 Å². The molecule has 1 atom stereocenters. The van der Waals surface area contributed by atoms with E-state index in [0.29, 0.717) is 24.6 Å². The number of nitrogens with zero attached hydrogens (tertiary/aromatic N) is 3. The van der Waals surface area contributed by atoms with Gasteiger partial charge in [-0.2, -0.15) is 9.40 Å². The molecule has 0 saturated carbocycles. The summed E-state index contributed by atoms with van der Waals surface area (Å²) in [7, 11) is -1.66. The van der Waals surface area contributed by atoms with Crippen LogP contribution in [0.1, 0.15) is 17.2 Å². The fourth-order valence-corrected chi connectivity index (χ4v) is 3.94. The molecule has 1 aromatic carbocycles. The maximum absolute atomic E-state index is 12.7. The monoisotopic (exact) mass is 321 g/mol. The number of aromatic nitrogens is 2. The molecule has 0 aliphatic carbocycles. The topological polar surface area (TPSA) is 64.4 Å². The van der Waals surface area contributed by atoms with Gasteiger partial charge >= 0.3 is 0 Å². The fraction of sp³-hybridized carbons (Fsp3) is 0.400. The summed E-state index contributed by atoms with van der Waals surface area (Å²) < 4.78 is 34.3. The minimum absolute atomic E-state index is 0.275. The molecule has 118 valence electrons. The van der Waals surface area contributed by atoms with Crippen LogP contribution in [0, 0.1) is 6.92 Å². The molecular weight excluding hydrogens is 302 g/mol. The van der Waals surface area contributed by atoms with Crippen LogP contribution < -0.4 is 0 Å². The molecule has 2 aromatic rings. The first-order valence-electron chi connectivity index (χ1n) is 7.14. The van der Waals surface area contributed by atoms with Crippen LogP contribution in [0.5, 0.6) is 0 Å². The van der Waals surface area contributed by atoms with E-state index < -0.39 is 10.0 Å². The van der Waals surface area contributed by atoms with Crippen molar-refractivity contribution in [3.8, 4) is 0 Å². The molecule has 7 heteroatoms. The van der Waals surface area contributed by atoms with Crippen LogP contribution in [0.3, 0.4) is 0 Å². The van der Waals surface area contributed by atoms with Crippen LogP contribution in [0.25, 0.3) is 0 Å². The normalized spacial score (nSPS) is 20.2. The molecule has 1 saturated heterocycles. The van der Waals surface area contributed by atoms with Gasteiger partial charge in [-0.25, -0.2) is 8.42 Å². The summed E-state index contributed by atoms with van der Waals surface area (Å²) in [6.07, 6.45) is 3.29. The summed E-state index contributed by atoms with van der Waals surface area (Å²) in [5.41, 5.74) is 1.93. The average molecular weight is 321 g/mol. The van der Waals surface area contributed by atoms with Crippen LogP contribution in [-0.4, -0.2) is 42.2 Å². The lowest BCUT2D eigenvalue weighted by atomic mass is 10.2. The Morgan fingerprint density at radius 2 is 2.00 bits per heavy atom. The van der Waals surface area contributed by atoms with Gasteiger partial charge in [-0.05, 0) is 19.1 Å². The van der Waals surface area contributed by atoms with Gasteiger partial charge in [-0.1, -0.05) is 17.7 Å². The van der Waals surface area contributed by atoms with E-state index in [2.05, 4.69) is 5.10 Å². The lowest BCUT2D eigenvalue weighted by molar-refractivity contribution is -0.00259. The molecule has 22 heavy (non-hydrogen) atoms. The summed E-state index contributed by atoms with van der Waals surface area (Å²) in [6, 6.07) is 6.93. The number of ether oxygens (including phenoxy) is 1. The number of hydrogen-bond acceptors (Lipinski definition) is 4. The maximum Gasteiger partial charge on any atom is 0.243 e. The Labute approximate surface area is 130 Å². The van der Waals surface area contributed by atoms with Crippen molar-refractivity contribution in [3.05, 3.63) is 47.8 Å². The molecule has 1 aliphatic heterocycles. The first kappa shape index (κ1) is 15.2. The van der Waals surface area contributed by atoms with E-state index in [0.717, 1.165) is 11.1 Å². The van der Waals surface area contributed by atoms with Gasteiger partial charge in [0.25, 0.3) is 0 Å². The smallest absolute Gasteiger partial charge is 0.243 e. The second kappa shape index (κ2) is 5.83. The van der Waals surface area contributed by atoms with Crippen LogP contribution >= 0.6 is 0 Å². The Morgan fingerprint density at radius 1 is 1.27 bits per heavy atom. The first-order valence-corrected chi connectivity index (χ1v) is 8.58. The maximum atomic E-state index is 12.7. The molecule has 1 aromatic heterocycles. The highest BCUT2D eigenvalue weighted by Crippen LogP contribution is 2.26. The molecule has 0 radical (unpaired) electrons.